The number of ether oxygens (including phenoxy) is 4. The van der Waals surface area contributed by atoms with Crippen LogP contribution in [0, 0.1) is 0 Å². The number of urea groups is 1. The lowest BCUT2D eigenvalue weighted by Crippen LogP contribution is -2.45. The molecule has 8 nitrogen and oxygen atoms in total. The molecule has 2 amide bonds. The number of hydrogen-bond donors (Lipinski definition) is 2. The summed E-state index contributed by atoms with van der Waals surface area (Å²) >= 11 is 3.53. The average molecular weight is 491 g/mol. The highest BCUT2D eigenvalue weighted by molar-refractivity contribution is 9.10. The molecule has 0 fully saturated rings. The molecule has 0 spiro atoms. The Morgan fingerprint density at radius 1 is 1.03 bits per heavy atom. The van der Waals surface area contributed by atoms with Crippen LogP contribution in [0.3, 0.4) is 0 Å². The van der Waals surface area contributed by atoms with Crippen LogP contribution in [0.25, 0.3) is 5.70 Å². The number of halogens is 1. The maximum absolute atomic E-state index is 13.0. The third kappa shape index (κ3) is 4.46. The van der Waals surface area contributed by atoms with Crippen LogP contribution >= 0.6 is 15.9 Å². The molecule has 2 aromatic rings. The molecule has 1 atom stereocenters. The van der Waals surface area contributed by atoms with E-state index in [1.165, 1.54) is 14.2 Å². The minimum Gasteiger partial charge on any atom is -0.497 e. The average Bonchev–Trinajstić information content (AvgIpc) is 2.78. The van der Waals surface area contributed by atoms with Gasteiger partial charge in [-0.25, -0.2) is 9.59 Å². The Balaban J connectivity index is 2.22. The lowest BCUT2D eigenvalue weighted by molar-refractivity contribution is -0.138. The smallest absolute Gasteiger partial charge is 0.338 e. The van der Waals surface area contributed by atoms with Gasteiger partial charge in [-0.05, 0) is 64.3 Å². The molecule has 31 heavy (non-hydrogen) atoms. The van der Waals surface area contributed by atoms with E-state index < -0.39 is 18.0 Å². The first-order chi connectivity index (χ1) is 14.9. The quantitative estimate of drug-likeness (QED) is 0.573. The van der Waals surface area contributed by atoms with Crippen LogP contribution in [-0.2, 0) is 9.53 Å². The van der Waals surface area contributed by atoms with E-state index in [2.05, 4.69) is 26.6 Å². The van der Waals surface area contributed by atoms with E-state index in [1.807, 2.05) is 0 Å². The zero-order valence-electron chi connectivity index (χ0n) is 17.6. The molecule has 1 aliphatic rings. The molecular formula is C22H23BrN2O6. The van der Waals surface area contributed by atoms with Crippen LogP contribution in [0.5, 0.6) is 17.2 Å². The van der Waals surface area contributed by atoms with Crippen molar-refractivity contribution in [1.82, 2.24) is 10.6 Å². The van der Waals surface area contributed by atoms with Gasteiger partial charge in [0.15, 0.2) is 11.5 Å². The lowest BCUT2D eigenvalue weighted by atomic mass is 9.92. The largest absolute Gasteiger partial charge is 0.497 e. The fourth-order valence-corrected chi connectivity index (χ4v) is 4.06. The highest BCUT2D eigenvalue weighted by Gasteiger charge is 2.36. The molecule has 0 bridgehead atoms. The minimum absolute atomic E-state index is 0.187. The maximum atomic E-state index is 13.0. The molecule has 2 N–H and O–H groups in total. The molecule has 0 radical (unpaired) electrons. The van der Waals surface area contributed by atoms with Crippen molar-refractivity contribution in [1.29, 1.82) is 0 Å². The molecule has 1 heterocycles. The summed E-state index contributed by atoms with van der Waals surface area (Å²) in [4.78, 5) is 25.6. The van der Waals surface area contributed by atoms with Gasteiger partial charge in [0.2, 0.25) is 0 Å². The van der Waals surface area contributed by atoms with Crippen LogP contribution < -0.4 is 24.8 Å². The van der Waals surface area contributed by atoms with Gasteiger partial charge < -0.3 is 29.6 Å². The molecule has 3 rings (SSSR count). The summed E-state index contributed by atoms with van der Waals surface area (Å²) in [6.45, 7) is 1.91. The summed E-state index contributed by atoms with van der Waals surface area (Å²) in [7, 11) is 4.61. The van der Waals surface area contributed by atoms with E-state index in [0.29, 0.717) is 38.5 Å². The van der Waals surface area contributed by atoms with E-state index >= 15 is 0 Å². The summed E-state index contributed by atoms with van der Waals surface area (Å²) in [5.74, 6) is 1.06. The van der Waals surface area contributed by atoms with Crippen LogP contribution in [-0.4, -0.2) is 39.9 Å². The Labute approximate surface area is 188 Å². The van der Waals surface area contributed by atoms with Gasteiger partial charge in [0.1, 0.15) is 5.75 Å². The number of carbonyl (C=O) groups is 2. The molecule has 0 saturated carbocycles. The van der Waals surface area contributed by atoms with Crippen LogP contribution in [0.1, 0.15) is 24.1 Å². The van der Waals surface area contributed by atoms with Gasteiger partial charge in [0.05, 0.1) is 49.7 Å². The van der Waals surface area contributed by atoms with Crippen molar-refractivity contribution in [2.24, 2.45) is 0 Å². The number of benzene rings is 2. The standard InChI is InChI=1S/C22H23BrN2O6/c1-5-31-21(26)16-18(12-6-8-13(28-2)9-7-12)24-22(27)25-19(16)14-10-11-15(29-3)20(30-4)17(14)23/h6-11,19H,5H2,1-4H3,(H2,24,25,27). The Hall–Kier alpha value is -3.20. The normalized spacial score (nSPS) is 15.6. The lowest BCUT2D eigenvalue weighted by Gasteiger charge is -2.30. The number of methoxy groups -OCH3 is 3. The molecule has 1 aliphatic heterocycles. The first-order valence-electron chi connectivity index (χ1n) is 9.48. The first-order valence-corrected chi connectivity index (χ1v) is 10.3. The van der Waals surface area contributed by atoms with Crippen LogP contribution in [0.15, 0.2) is 46.4 Å². The zero-order chi connectivity index (χ0) is 22.5. The van der Waals surface area contributed by atoms with Crippen LogP contribution in [0.4, 0.5) is 4.79 Å². The van der Waals surface area contributed by atoms with Gasteiger partial charge in [-0.1, -0.05) is 6.07 Å². The monoisotopic (exact) mass is 490 g/mol. The maximum Gasteiger partial charge on any atom is 0.338 e. The Kier molecular flexibility index (Phi) is 7.06. The van der Waals surface area contributed by atoms with Gasteiger partial charge in [-0.15, -0.1) is 0 Å². The summed E-state index contributed by atoms with van der Waals surface area (Å²) in [5, 5.41) is 5.56. The van der Waals surface area contributed by atoms with Crippen molar-refractivity contribution in [3.63, 3.8) is 0 Å². The number of hydrogen-bond acceptors (Lipinski definition) is 6. The number of carbonyl (C=O) groups excluding carboxylic acids is 2. The number of nitrogens with one attached hydrogen (secondary N) is 2. The van der Waals surface area contributed by atoms with Gasteiger partial charge >= 0.3 is 12.0 Å². The van der Waals surface area contributed by atoms with Crippen molar-refractivity contribution >= 4 is 33.6 Å². The van der Waals surface area contributed by atoms with E-state index in [9.17, 15) is 9.59 Å². The van der Waals surface area contributed by atoms with E-state index in [-0.39, 0.29) is 12.2 Å². The van der Waals surface area contributed by atoms with Gasteiger partial charge in [0.25, 0.3) is 0 Å². The second-order valence-electron chi connectivity index (χ2n) is 6.47. The molecule has 0 aliphatic carbocycles. The Morgan fingerprint density at radius 3 is 2.32 bits per heavy atom. The third-order valence-electron chi connectivity index (χ3n) is 4.77. The van der Waals surface area contributed by atoms with Gasteiger partial charge in [0, 0.05) is 0 Å². The van der Waals surface area contributed by atoms with E-state index in [0.717, 1.165) is 0 Å². The number of rotatable bonds is 7. The molecule has 0 aromatic heterocycles. The summed E-state index contributed by atoms with van der Waals surface area (Å²) in [5.41, 5.74) is 1.87. The topological polar surface area (TPSA) is 95.1 Å². The van der Waals surface area contributed by atoms with E-state index in [4.69, 9.17) is 18.9 Å². The van der Waals surface area contributed by atoms with Crippen molar-refractivity contribution in [2.75, 3.05) is 27.9 Å². The minimum atomic E-state index is -0.793. The van der Waals surface area contributed by atoms with Crippen molar-refractivity contribution in [3.05, 3.63) is 57.6 Å². The summed E-state index contributed by atoms with van der Waals surface area (Å²) in [6, 6.07) is 9.25. The second kappa shape index (κ2) is 9.74. The summed E-state index contributed by atoms with van der Waals surface area (Å²) < 4.78 is 21.9. The predicted octanol–water partition coefficient (Wildman–Crippen LogP) is 3.80. The van der Waals surface area contributed by atoms with Crippen molar-refractivity contribution in [3.8, 4) is 17.2 Å². The third-order valence-corrected chi connectivity index (χ3v) is 5.59. The van der Waals surface area contributed by atoms with Crippen LogP contribution in [0.2, 0.25) is 0 Å². The number of amides is 2. The number of esters is 1. The molecule has 9 heteroatoms. The van der Waals surface area contributed by atoms with Crippen molar-refractivity contribution in [2.45, 2.75) is 13.0 Å². The van der Waals surface area contributed by atoms with Crippen molar-refractivity contribution < 1.29 is 28.5 Å². The Morgan fingerprint density at radius 2 is 1.74 bits per heavy atom. The highest BCUT2D eigenvalue weighted by atomic mass is 79.9. The first kappa shape index (κ1) is 22.5. The van der Waals surface area contributed by atoms with Gasteiger partial charge in [-0.3, -0.25) is 0 Å². The molecule has 1 unspecified atom stereocenters. The molecule has 164 valence electrons. The Bertz CT molecular complexity index is 1020. The molecular weight excluding hydrogens is 468 g/mol. The highest BCUT2D eigenvalue weighted by Crippen LogP contribution is 2.43. The van der Waals surface area contributed by atoms with Gasteiger partial charge in [-0.2, -0.15) is 0 Å². The SMILES string of the molecule is CCOC(=O)C1=C(c2ccc(OC)cc2)NC(=O)NC1c1ccc(OC)c(OC)c1Br. The molecule has 0 saturated heterocycles. The predicted molar refractivity (Wildman–Crippen MR) is 118 cm³/mol. The van der Waals surface area contributed by atoms with E-state index in [1.54, 1.807) is 50.4 Å². The molecule has 2 aromatic carbocycles. The zero-order valence-corrected chi connectivity index (χ0v) is 19.2. The fourth-order valence-electron chi connectivity index (χ4n) is 3.34. The summed E-state index contributed by atoms with van der Waals surface area (Å²) in [6.07, 6.45) is 0. The fraction of sp³-hybridized carbons (Fsp3) is 0.273. The second-order valence-corrected chi connectivity index (χ2v) is 7.27.